The van der Waals surface area contributed by atoms with Crippen molar-refractivity contribution < 1.29 is 0 Å². The predicted molar refractivity (Wildman–Crippen MR) is 64.7 cm³/mol. The fraction of sp³-hybridized carbons (Fsp3) is 0.636. The number of alkyl halides is 2. The third-order valence-corrected chi connectivity index (χ3v) is 3.92. The second kappa shape index (κ2) is 4.31. The Balaban J connectivity index is 2.28. The summed E-state index contributed by atoms with van der Waals surface area (Å²) in [6, 6.07) is 0. The molecule has 0 fully saturated rings. The smallest absolute Gasteiger partial charge is 0.0365 e. The minimum absolute atomic E-state index is 0.578. The van der Waals surface area contributed by atoms with Gasteiger partial charge in [-0.25, -0.2) is 0 Å². The molecule has 2 heteroatoms. The molecule has 3 aliphatic carbocycles. The molecule has 0 aromatic heterocycles. The molecule has 0 saturated heterocycles. The van der Waals surface area contributed by atoms with Crippen LogP contribution in [0, 0.1) is 0 Å². The van der Waals surface area contributed by atoms with Gasteiger partial charge in [0, 0.05) is 9.65 Å². The molecule has 2 unspecified atom stereocenters. The highest BCUT2D eigenvalue weighted by Gasteiger charge is 2.17. The van der Waals surface area contributed by atoms with Gasteiger partial charge in [0.2, 0.25) is 0 Å². The molecule has 3 aliphatic rings. The maximum absolute atomic E-state index is 3.72. The van der Waals surface area contributed by atoms with Gasteiger partial charge in [-0.15, -0.1) is 0 Å². The highest BCUT2D eigenvalue weighted by Crippen LogP contribution is 2.33. The number of allylic oxidation sites excluding steroid dienone is 4. The van der Waals surface area contributed by atoms with E-state index in [-0.39, 0.29) is 0 Å². The van der Waals surface area contributed by atoms with E-state index >= 15 is 0 Å². The molecule has 0 spiro atoms. The fourth-order valence-corrected chi connectivity index (χ4v) is 3.76. The summed E-state index contributed by atoms with van der Waals surface area (Å²) in [6.07, 6.45) is 11.2. The summed E-state index contributed by atoms with van der Waals surface area (Å²) in [5.74, 6) is 0. The summed E-state index contributed by atoms with van der Waals surface area (Å²) in [5, 5.41) is 0. The predicted octanol–water partition coefficient (Wildman–Crippen LogP) is 4.34. The molecule has 0 N–H and O–H groups in total. The van der Waals surface area contributed by atoms with Crippen LogP contribution < -0.4 is 0 Å². The lowest BCUT2D eigenvalue weighted by Gasteiger charge is -2.23. The minimum atomic E-state index is 0.578. The Morgan fingerprint density at radius 3 is 1.85 bits per heavy atom. The molecule has 0 saturated carbocycles. The Labute approximate surface area is 96.7 Å². The zero-order valence-electron chi connectivity index (χ0n) is 7.60. The van der Waals surface area contributed by atoms with Gasteiger partial charge in [-0.1, -0.05) is 55.2 Å². The first-order valence-electron chi connectivity index (χ1n) is 4.91. The Kier molecular flexibility index (Phi) is 3.31. The van der Waals surface area contributed by atoms with Gasteiger partial charge in [0.1, 0.15) is 0 Å². The molecule has 0 aromatic rings. The fourth-order valence-electron chi connectivity index (χ4n) is 2.18. The third-order valence-electron chi connectivity index (χ3n) is 2.74. The van der Waals surface area contributed by atoms with E-state index in [2.05, 4.69) is 44.0 Å². The van der Waals surface area contributed by atoms with Crippen molar-refractivity contribution in [3.05, 3.63) is 23.3 Å². The van der Waals surface area contributed by atoms with Crippen molar-refractivity contribution in [1.82, 2.24) is 0 Å². The summed E-state index contributed by atoms with van der Waals surface area (Å²) < 4.78 is 0. The van der Waals surface area contributed by atoms with Crippen LogP contribution in [0.1, 0.15) is 32.1 Å². The molecular formula is C11H14Br2. The van der Waals surface area contributed by atoms with Crippen molar-refractivity contribution >= 4 is 31.9 Å². The van der Waals surface area contributed by atoms with Crippen LogP contribution in [0.15, 0.2) is 23.3 Å². The molecule has 2 bridgehead atoms. The van der Waals surface area contributed by atoms with Crippen LogP contribution in [0.2, 0.25) is 0 Å². The largest absolute Gasteiger partial charge is 0.0842 e. The normalized spacial score (nSPS) is 34.3. The van der Waals surface area contributed by atoms with Gasteiger partial charge in [0.05, 0.1) is 0 Å². The van der Waals surface area contributed by atoms with Gasteiger partial charge in [-0.2, -0.15) is 0 Å². The Morgan fingerprint density at radius 2 is 1.38 bits per heavy atom. The van der Waals surface area contributed by atoms with Gasteiger partial charge >= 0.3 is 0 Å². The molecule has 0 aromatic carbocycles. The second-order valence-electron chi connectivity index (χ2n) is 3.94. The lowest BCUT2D eigenvalue weighted by molar-refractivity contribution is 0.699. The molecule has 0 heterocycles. The number of rotatable bonds is 0. The Morgan fingerprint density at radius 1 is 0.923 bits per heavy atom. The van der Waals surface area contributed by atoms with E-state index in [1.54, 1.807) is 11.1 Å². The minimum Gasteiger partial charge on any atom is -0.0842 e. The number of hydrogen-bond acceptors (Lipinski definition) is 0. The van der Waals surface area contributed by atoms with Crippen molar-refractivity contribution in [3.63, 3.8) is 0 Å². The molecule has 13 heavy (non-hydrogen) atoms. The van der Waals surface area contributed by atoms with E-state index in [1.165, 1.54) is 32.1 Å². The first kappa shape index (κ1) is 9.97. The van der Waals surface area contributed by atoms with E-state index < -0.39 is 0 Å². The first-order valence-corrected chi connectivity index (χ1v) is 6.74. The zero-order chi connectivity index (χ0) is 9.26. The van der Waals surface area contributed by atoms with Crippen LogP contribution in [-0.4, -0.2) is 9.65 Å². The van der Waals surface area contributed by atoms with Crippen LogP contribution in [0.5, 0.6) is 0 Å². The van der Waals surface area contributed by atoms with Gasteiger partial charge < -0.3 is 0 Å². The van der Waals surface area contributed by atoms with Crippen LogP contribution in [0.25, 0.3) is 0 Å². The molecule has 0 nitrogen and oxygen atoms in total. The van der Waals surface area contributed by atoms with E-state index in [0.29, 0.717) is 9.65 Å². The van der Waals surface area contributed by atoms with Crippen LogP contribution in [0.3, 0.4) is 0 Å². The molecule has 2 atom stereocenters. The van der Waals surface area contributed by atoms with E-state index in [1.807, 2.05) is 0 Å². The lowest BCUT2D eigenvalue weighted by Crippen LogP contribution is -2.10. The van der Waals surface area contributed by atoms with Crippen molar-refractivity contribution in [3.8, 4) is 0 Å². The lowest BCUT2D eigenvalue weighted by atomic mass is 9.89. The van der Waals surface area contributed by atoms with Crippen LogP contribution >= 0.6 is 31.9 Å². The SMILES string of the molecule is BrC1C=C2CCCC(=CC(Br)C2)C1. The van der Waals surface area contributed by atoms with Crippen molar-refractivity contribution in [1.29, 1.82) is 0 Å². The van der Waals surface area contributed by atoms with Crippen molar-refractivity contribution in [2.75, 3.05) is 0 Å². The van der Waals surface area contributed by atoms with E-state index in [4.69, 9.17) is 0 Å². The monoisotopic (exact) mass is 304 g/mol. The van der Waals surface area contributed by atoms with Crippen molar-refractivity contribution in [2.24, 2.45) is 0 Å². The molecule has 3 rings (SSSR count). The Hall–Kier alpha value is 0.440. The molecule has 0 amide bonds. The molecule has 72 valence electrons. The maximum Gasteiger partial charge on any atom is 0.0365 e. The topological polar surface area (TPSA) is 0 Å². The summed E-state index contributed by atoms with van der Waals surface area (Å²) in [5.41, 5.74) is 3.25. The summed E-state index contributed by atoms with van der Waals surface area (Å²) in [4.78, 5) is 1.16. The highest BCUT2D eigenvalue weighted by atomic mass is 79.9. The zero-order valence-corrected chi connectivity index (χ0v) is 10.8. The van der Waals surface area contributed by atoms with Crippen molar-refractivity contribution in [2.45, 2.75) is 41.8 Å². The first-order chi connectivity index (χ1) is 6.24. The molecular weight excluding hydrogens is 292 g/mol. The van der Waals surface area contributed by atoms with Gasteiger partial charge in [-0.05, 0) is 32.1 Å². The average Bonchev–Trinajstić information content (AvgIpc) is 1.95. The van der Waals surface area contributed by atoms with Gasteiger partial charge in [0.15, 0.2) is 0 Å². The second-order valence-corrected chi connectivity index (χ2v) is 6.30. The third kappa shape index (κ3) is 2.69. The molecule has 0 aliphatic heterocycles. The van der Waals surface area contributed by atoms with Gasteiger partial charge in [0.25, 0.3) is 0 Å². The standard InChI is InChI=1S/C11H14Br2/c12-10-4-8-2-1-3-9(6-10)7-11(13)5-8/h4,7,10-11H,1-3,5-6H2. The summed E-state index contributed by atoms with van der Waals surface area (Å²) in [7, 11) is 0. The average molecular weight is 306 g/mol. The number of hydrogen-bond donors (Lipinski definition) is 0. The summed E-state index contributed by atoms with van der Waals surface area (Å²) in [6.45, 7) is 0. The Bertz CT molecular complexity index is 227. The number of halogens is 2. The van der Waals surface area contributed by atoms with E-state index in [9.17, 15) is 0 Å². The maximum atomic E-state index is 3.72. The van der Waals surface area contributed by atoms with Gasteiger partial charge in [-0.3, -0.25) is 0 Å². The highest BCUT2D eigenvalue weighted by molar-refractivity contribution is 9.09. The molecule has 0 radical (unpaired) electrons. The van der Waals surface area contributed by atoms with E-state index in [0.717, 1.165) is 0 Å². The van der Waals surface area contributed by atoms with Crippen LogP contribution in [0.4, 0.5) is 0 Å². The number of fused-ring (bicyclic) bond motifs is 6. The van der Waals surface area contributed by atoms with Crippen LogP contribution in [-0.2, 0) is 0 Å². The summed E-state index contributed by atoms with van der Waals surface area (Å²) >= 11 is 7.43. The quantitative estimate of drug-likeness (QED) is 0.461.